The summed E-state index contributed by atoms with van der Waals surface area (Å²) in [6.45, 7) is 0.497. The number of ether oxygens (including phenoxy) is 1. The Hall–Kier alpha value is -2.24. The van der Waals surface area contributed by atoms with Crippen LogP contribution in [0.4, 0.5) is 0 Å². The predicted molar refractivity (Wildman–Crippen MR) is 141 cm³/mol. The van der Waals surface area contributed by atoms with E-state index >= 15 is 0 Å². The Kier molecular flexibility index (Phi) is 7.84. The van der Waals surface area contributed by atoms with Gasteiger partial charge in [-0.2, -0.15) is 0 Å². The van der Waals surface area contributed by atoms with E-state index in [9.17, 15) is 4.79 Å². The van der Waals surface area contributed by atoms with Gasteiger partial charge >= 0.3 is 0 Å². The molecule has 0 unspecified atom stereocenters. The molecule has 5 nitrogen and oxygen atoms in total. The zero-order chi connectivity index (χ0) is 24.2. The number of hydrogen-bond donors (Lipinski definition) is 0. The molecule has 0 radical (unpaired) electrons. The summed E-state index contributed by atoms with van der Waals surface area (Å²) in [5, 5.41) is 1.02. The van der Waals surface area contributed by atoms with Crippen LogP contribution in [0.2, 0.25) is 10.0 Å². The van der Waals surface area contributed by atoms with Crippen molar-refractivity contribution in [1.82, 2.24) is 14.5 Å². The quantitative estimate of drug-likeness (QED) is 0.330. The number of imidazole rings is 1. The standard InChI is InChI=1S/C28H33Cl2N3O2/c29-20-15-16-26(23(30)17-20)35-19-27-31-24-13-7-8-14-25(24)32(27)18-28(34)33(21-9-3-1-4-10-21)22-11-5-2-6-12-22/h7-8,13-17,21-22H,1-6,9-12,18-19H2. The minimum atomic E-state index is 0.206. The van der Waals surface area contributed by atoms with Crippen molar-refractivity contribution in [3.63, 3.8) is 0 Å². The van der Waals surface area contributed by atoms with E-state index in [1.165, 1.54) is 38.5 Å². The smallest absolute Gasteiger partial charge is 0.243 e. The number of aromatic nitrogens is 2. The molecule has 2 aliphatic rings. The van der Waals surface area contributed by atoms with Crippen molar-refractivity contribution < 1.29 is 9.53 Å². The van der Waals surface area contributed by atoms with E-state index in [-0.39, 0.29) is 19.1 Å². The maximum absolute atomic E-state index is 14.0. The Morgan fingerprint density at radius 2 is 1.60 bits per heavy atom. The fourth-order valence-electron chi connectivity index (χ4n) is 5.79. The SMILES string of the molecule is O=C(Cn1c(COc2ccc(Cl)cc2Cl)nc2ccccc21)N(C1CCCCC1)C1CCCCC1. The first-order chi connectivity index (χ1) is 17.1. The summed E-state index contributed by atoms with van der Waals surface area (Å²) in [6, 6.07) is 13.9. The van der Waals surface area contributed by atoms with Gasteiger partial charge in [0.2, 0.25) is 5.91 Å². The van der Waals surface area contributed by atoms with Crippen molar-refractivity contribution in [2.24, 2.45) is 0 Å². The molecule has 1 aromatic heterocycles. The molecule has 0 spiro atoms. The second-order valence-electron chi connectivity index (χ2n) is 9.85. The highest BCUT2D eigenvalue weighted by Crippen LogP contribution is 2.32. The van der Waals surface area contributed by atoms with Crippen LogP contribution in [0.5, 0.6) is 5.75 Å². The first-order valence-corrected chi connectivity index (χ1v) is 13.7. The van der Waals surface area contributed by atoms with Crippen molar-refractivity contribution in [3.05, 3.63) is 58.3 Å². The highest BCUT2D eigenvalue weighted by Gasteiger charge is 2.33. The summed E-state index contributed by atoms with van der Waals surface area (Å²) >= 11 is 12.3. The minimum Gasteiger partial charge on any atom is -0.484 e. The van der Waals surface area contributed by atoms with Crippen LogP contribution in [-0.4, -0.2) is 32.4 Å². The highest BCUT2D eigenvalue weighted by atomic mass is 35.5. The van der Waals surface area contributed by atoms with Gasteiger partial charge < -0.3 is 14.2 Å². The minimum absolute atomic E-state index is 0.206. The zero-order valence-corrected chi connectivity index (χ0v) is 21.6. The van der Waals surface area contributed by atoms with E-state index < -0.39 is 0 Å². The Balaban J connectivity index is 1.41. The number of carbonyl (C=O) groups is 1. The molecule has 3 aromatic rings. The molecular formula is C28H33Cl2N3O2. The summed E-state index contributed by atoms with van der Waals surface area (Å²) in [5.41, 5.74) is 1.82. The van der Waals surface area contributed by atoms with E-state index in [1.54, 1.807) is 18.2 Å². The van der Waals surface area contributed by atoms with Gasteiger partial charge in [-0.1, -0.05) is 73.9 Å². The van der Waals surface area contributed by atoms with E-state index in [4.69, 9.17) is 32.9 Å². The Morgan fingerprint density at radius 1 is 0.943 bits per heavy atom. The molecule has 0 saturated heterocycles. The summed E-state index contributed by atoms with van der Waals surface area (Å²) in [4.78, 5) is 21.1. The van der Waals surface area contributed by atoms with Crippen LogP contribution in [-0.2, 0) is 17.9 Å². The van der Waals surface area contributed by atoms with Crippen molar-refractivity contribution in [1.29, 1.82) is 0 Å². The summed E-state index contributed by atoms with van der Waals surface area (Å²) in [6.07, 6.45) is 11.9. The van der Waals surface area contributed by atoms with Gasteiger partial charge in [0, 0.05) is 17.1 Å². The number of benzene rings is 2. The van der Waals surface area contributed by atoms with E-state index in [0.717, 1.165) is 42.5 Å². The van der Waals surface area contributed by atoms with Gasteiger partial charge in [-0.05, 0) is 56.0 Å². The lowest BCUT2D eigenvalue weighted by atomic mass is 9.88. The van der Waals surface area contributed by atoms with Crippen molar-refractivity contribution in [2.45, 2.75) is 89.4 Å². The first kappa shape index (κ1) is 24.5. The molecule has 0 atom stereocenters. The molecule has 7 heteroatoms. The summed E-state index contributed by atoms with van der Waals surface area (Å²) < 4.78 is 8.05. The van der Waals surface area contributed by atoms with Gasteiger partial charge in [-0.3, -0.25) is 4.79 Å². The lowest BCUT2D eigenvalue weighted by molar-refractivity contribution is -0.138. The third kappa shape index (κ3) is 5.62. The van der Waals surface area contributed by atoms with E-state index in [0.29, 0.717) is 27.9 Å². The van der Waals surface area contributed by atoms with E-state index in [2.05, 4.69) is 4.90 Å². The van der Waals surface area contributed by atoms with Crippen molar-refractivity contribution in [2.75, 3.05) is 0 Å². The maximum Gasteiger partial charge on any atom is 0.243 e. The van der Waals surface area contributed by atoms with E-state index in [1.807, 2.05) is 28.8 Å². The fourth-order valence-corrected chi connectivity index (χ4v) is 6.25. The Morgan fingerprint density at radius 3 is 2.26 bits per heavy atom. The maximum atomic E-state index is 14.0. The highest BCUT2D eigenvalue weighted by molar-refractivity contribution is 6.35. The Labute approximate surface area is 217 Å². The molecular weight excluding hydrogens is 481 g/mol. The molecule has 1 heterocycles. The topological polar surface area (TPSA) is 47.4 Å². The Bertz CT molecular complexity index is 1150. The fraction of sp³-hybridized carbons (Fsp3) is 0.500. The van der Waals surface area contributed by atoms with Crippen LogP contribution in [0.25, 0.3) is 11.0 Å². The molecule has 2 aromatic carbocycles. The normalized spacial score (nSPS) is 17.5. The van der Waals surface area contributed by atoms with Crippen LogP contribution in [0.3, 0.4) is 0 Å². The number of amides is 1. The van der Waals surface area contributed by atoms with Gasteiger partial charge in [-0.15, -0.1) is 0 Å². The molecule has 2 aliphatic carbocycles. The summed E-state index contributed by atoms with van der Waals surface area (Å²) in [7, 11) is 0. The van der Waals surface area contributed by atoms with Gasteiger partial charge in [0.1, 0.15) is 24.7 Å². The number of nitrogens with zero attached hydrogens (tertiary/aromatic N) is 3. The van der Waals surface area contributed by atoms with Crippen LogP contribution in [0.1, 0.15) is 70.0 Å². The monoisotopic (exact) mass is 513 g/mol. The molecule has 1 amide bonds. The lowest BCUT2D eigenvalue weighted by Crippen LogP contribution is -2.50. The molecule has 0 aliphatic heterocycles. The number of carbonyl (C=O) groups excluding carboxylic acids is 1. The molecule has 2 saturated carbocycles. The molecule has 5 rings (SSSR count). The average molecular weight is 514 g/mol. The number of halogens is 2. The van der Waals surface area contributed by atoms with Gasteiger partial charge in [0.15, 0.2) is 0 Å². The molecule has 0 N–H and O–H groups in total. The second kappa shape index (κ2) is 11.2. The third-order valence-electron chi connectivity index (χ3n) is 7.50. The van der Waals surface area contributed by atoms with Gasteiger partial charge in [0.25, 0.3) is 0 Å². The van der Waals surface area contributed by atoms with Crippen LogP contribution in [0.15, 0.2) is 42.5 Å². The third-order valence-corrected chi connectivity index (χ3v) is 8.03. The van der Waals surface area contributed by atoms with Crippen LogP contribution < -0.4 is 4.74 Å². The average Bonchev–Trinajstić information content (AvgIpc) is 3.22. The molecule has 35 heavy (non-hydrogen) atoms. The predicted octanol–water partition coefficient (Wildman–Crippen LogP) is 7.42. The molecule has 2 fully saturated rings. The number of para-hydroxylation sites is 2. The second-order valence-corrected chi connectivity index (χ2v) is 10.7. The van der Waals surface area contributed by atoms with Crippen molar-refractivity contribution in [3.8, 4) is 5.75 Å². The van der Waals surface area contributed by atoms with Gasteiger partial charge in [0.05, 0.1) is 16.1 Å². The van der Waals surface area contributed by atoms with Gasteiger partial charge in [-0.25, -0.2) is 4.98 Å². The largest absolute Gasteiger partial charge is 0.484 e. The van der Waals surface area contributed by atoms with Crippen LogP contribution in [0, 0.1) is 0 Å². The first-order valence-electron chi connectivity index (χ1n) is 12.9. The lowest BCUT2D eigenvalue weighted by Gasteiger charge is -2.42. The number of hydrogen-bond acceptors (Lipinski definition) is 3. The van der Waals surface area contributed by atoms with Crippen LogP contribution >= 0.6 is 23.2 Å². The zero-order valence-electron chi connectivity index (χ0n) is 20.1. The molecule has 0 bridgehead atoms. The number of rotatable bonds is 7. The van der Waals surface area contributed by atoms with Crippen molar-refractivity contribution >= 4 is 40.1 Å². The number of fused-ring (bicyclic) bond motifs is 1. The summed E-state index contributed by atoms with van der Waals surface area (Å²) in [5.74, 6) is 1.47. The molecule has 186 valence electrons.